The first kappa shape index (κ1) is 11.4. The minimum Gasteiger partial charge on any atom is -0.321 e. The number of benzene rings is 1. The predicted molar refractivity (Wildman–Crippen MR) is 70.4 cm³/mol. The van der Waals surface area contributed by atoms with Crippen LogP contribution in [0, 0.1) is 0 Å². The summed E-state index contributed by atoms with van der Waals surface area (Å²) in [5.41, 5.74) is 2.96. The molecule has 0 aliphatic carbocycles. The molecule has 0 saturated carbocycles. The molecule has 1 aliphatic heterocycles. The number of hydrogen-bond donors (Lipinski definition) is 1. The fourth-order valence-electron chi connectivity index (χ4n) is 1.65. The number of fused-ring (bicyclic) bond motifs is 1. The normalized spacial score (nSPS) is 16.8. The molecule has 82 valence electrons. The predicted octanol–water partition coefficient (Wildman–Crippen LogP) is 3.93. The van der Waals surface area contributed by atoms with Crippen molar-refractivity contribution in [3.63, 3.8) is 0 Å². The first-order valence-corrected chi connectivity index (χ1v) is 5.84. The Kier molecular flexibility index (Phi) is 2.91. The zero-order valence-corrected chi connectivity index (χ0v) is 10.9. The molecule has 0 spiro atoms. The van der Waals surface area contributed by atoms with Crippen LogP contribution in [-0.2, 0) is 4.79 Å². The Morgan fingerprint density at radius 3 is 2.81 bits per heavy atom. The first-order valence-electron chi connectivity index (χ1n) is 4.67. The van der Waals surface area contributed by atoms with Gasteiger partial charge in [0.25, 0.3) is 5.91 Å². The summed E-state index contributed by atoms with van der Waals surface area (Å²) in [6.07, 6.45) is 0. The highest BCUT2D eigenvalue weighted by atomic mass is 79.9. The minimum absolute atomic E-state index is 0.132. The van der Waals surface area contributed by atoms with Gasteiger partial charge in [-0.2, -0.15) is 0 Å². The van der Waals surface area contributed by atoms with Crippen LogP contribution in [0.4, 0.5) is 5.69 Å². The third kappa shape index (κ3) is 1.81. The highest BCUT2D eigenvalue weighted by Crippen LogP contribution is 2.37. The second-order valence-electron chi connectivity index (χ2n) is 3.55. The molecular weight excluding hydrogens is 289 g/mol. The number of rotatable bonds is 1. The molecule has 1 N–H and O–H groups in total. The molecule has 0 atom stereocenters. The number of carbonyl (C=O) groups is 1. The maximum absolute atomic E-state index is 11.8. The zero-order valence-electron chi connectivity index (χ0n) is 8.60. The van der Waals surface area contributed by atoms with E-state index in [1.807, 2.05) is 18.2 Å². The molecule has 0 fully saturated rings. The van der Waals surface area contributed by atoms with Gasteiger partial charge < -0.3 is 5.32 Å². The number of hydrogen-bond acceptors (Lipinski definition) is 1. The average molecular weight is 299 g/mol. The summed E-state index contributed by atoms with van der Waals surface area (Å²) in [6, 6.07) is 5.63. The monoisotopic (exact) mass is 297 g/mol. The lowest BCUT2D eigenvalue weighted by Gasteiger charge is -2.03. The molecule has 1 heterocycles. The van der Waals surface area contributed by atoms with Gasteiger partial charge >= 0.3 is 0 Å². The van der Waals surface area contributed by atoms with Crippen molar-refractivity contribution in [1.29, 1.82) is 0 Å². The third-order valence-corrected chi connectivity index (χ3v) is 3.28. The van der Waals surface area contributed by atoms with Crippen LogP contribution in [0.1, 0.15) is 12.5 Å². The van der Waals surface area contributed by atoms with Crippen LogP contribution >= 0.6 is 27.5 Å². The molecule has 0 radical (unpaired) electrons. The van der Waals surface area contributed by atoms with E-state index in [1.165, 1.54) is 0 Å². The van der Waals surface area contributed by atoms with Crippen molar-refractivity contribution < 1.29 is 4.79 Å². The molecule has 16 heavy (non-hydrogen) atoms. The summed E-state index contributed by atoms with van der Waals surface area (Å²) in [4.78, 5) is 11.8. The zero-order chi connectivity index (χ0) is 11.9. The molecule has 4 heteroatoms. The number of nitrogens with one attached hydrogen (secondary N) is 1. The Balaban J connectivity index is 2.68. The van der Waals surface area contributed by atoms with E-state index in [1.54, 1.807) is 6.92 Å². The van der Waals surface area contributed by atoms with E-state index in [4.69, 9.17) is 11.6 Å². The van der Waals surface area contributed by atoms with E-state index >= 15 is 0 Å². The van der Waals surface area contributed by atoms with Crippen LogP contribution in [0.15, 0.2) is 39.9 Å². The second-order valence-corrected chi connectivity index (χ2v) is 4.92. The van der Waals surface area contributed by atoms with E-state index in [0.29, 0.717) is 16.2 Å². The SMILES string of the molecule is C=C(Cl)/C(C)=C1\C(=O)Nc2ccc(Br)cc21. The number of amides is 1. The number of carbonyl (C=O) groups excluding carboxylic acids is 1. The van der Waals surface area contributed by atoms with Crippen LogP contribution in [0.25, 0.3) is 5.57 Å². The fourth-order valence-corrected chi connectivity index (χ4v) is 2.10. The average Bonchev–Trinajstić information content (AvgIpc) is 2.52. The molecule has 2 rings (SSSR count). The number of anilines is 1. The van der Waals surface area contributed by atoms with E-state index in [-0.39, 0.29) is 5.91 Å². The second kappa shape index (κ2) is 4.07. The molecule has 1 aromatic rings. The Bertz CT molecular complexity index is 534. The van der Waals surface area contributed by atoms with E-state index in [0.717, 1.165) is 15.7 Å². The molecule has 1 amide bonds. The highest BCUT2D eigenvalue weighted by molar-refractivity contribution is 9.10. The first-order chi connectivity index (χ1) is 7.50. The van der Waals surface area contributed by atoms with Gasteiger partial charge in [0.15, 0.2) is 0 Å². The van der Waals surface area contributed by atoms with E-state index < -0.39 is 0 Å². The van der Waals surface area contributed by atoms with Crippen LogP contribution in [0.3, 0.4) is 0 Å². The van der Waals surface area contributed by atoms with E-state index in [2.05, 4.69) is 27.8 Å². The van der Waals surface area contributed by atoms with Gasteiger partial charge in [-0.3, -0.25) is 4.79 Å². The summed E-state index contributed by atoms with van der Waals surface area (Å²) < 4.78 is 0.924. The van der Waals surface area contributed by atoms with Gasteiger partial charge in [0.05, 0.1) is 5.57 Å². The summed E-state index contributed by atoms with van der Waals surface area (Å²) in [5.74, 6) is -0.132. The van der Waals surface area contributed by atoms with E-state index in [9.17, 15) is 4.79 Å². The van der Waals surface area contributed by atoms with Crippen molar-refractivity contribution in [2.24, 2.45) is 0 Å². The molecule has 1 aliphatic rings. The standard InChI is InChI=1S/C12H9BrClNO/c1-6(7(2)14)11-9-5-8(13)3-4-10(9)15-12(11)16/h3-5H,2H2,1H3,(H,15,16)/b11-6-. The summed E-state index contributed by atoms with van der Waals surface area (Å²) in [6.45, 7) is 5.44. The van der Waals surface area contributed by atoms with Crippen molar-refractivity contribution in [3.05, 3.63) is 45.4 Å². The van der Waals surface area contributed by atoms with Gasteiger partial charge in [-0.05, 0) is 30.7 Å². The third-order valence-electron chi connectivity index (χ3n) is 2.51. The maximum Gasteiger partial charge on any atom is 0.256 e. The molecule has 0 aromatic heterocycles. The van der Waals surface area contributed by atoms with Crippen LogP contribution in [-0.4, -0.2) is 5.91 Å². The van der Waals surface area contributed by atoms with Crippen molar-refractivity contribution in [1.82, 2.24) is 0 Å². The van der Waals surface area contributed by atoms with Crippen LogP contribution in [0.5, 0.6) is 0 Å². The van der Waals surface area contributed by atoms with Gasteiger partial charge in [0, 0.05) is 20.8 Å². The quantitative estimate of drug-likeness (QED) is 0.782. The number of allylic oxidation sites excluding steroid dienone is 2. The van der Waals surface area contributed by atoms with Gasteiger partial charge in [0.1, 0.15) is 0 Å². The Morgan fingerprint density at radius 1 is 1.50 bits per heavy atom. The van der Waals surface area contributed by atoms with Crippen molar-refractivity contribution in [2.75, 3.05) is 5.32 Å². The van der Waals surface area contributed by atoms with Gasteiger partial charge in [-0.15, -0.1) is 0 Å². The molecule has 2 nitrogen and oxygen atoms in total. The largest absolute Gasteiger partial charge is 0.321 e. The lowest BCUT2D eigenvalue weighted by molar-refractivity contribution is -0.110. The maximum atomic E-state index is 11.8. The molecule has 0 bridgehead atoms. The topological polar surface area (TPSA) is 29.1 Å². The van der Waals surface area contributed by atoms with Crippen LogP contribution in [0.2, 0.25) is 0 Å². The highest BCUT2D eigenvalue weighted by Gasteiger charge is 2.26. The summed E-state index contributed by atoms with van der Waals surface area (Å²) >= 11 is 9.22. The van der Waals surface area contributed by atoms with Crippen molar-refractivity contribution in [2.45, 2.75) is 6.92 Å². The lowest BCUT2D eigenvalue weighted by atomic mass is 10.0. The van der Waals surface area contributed by atoms with Crippen molar-refractivity contribution in [3.8, 4) is 0 Å². The Hall–Kier alpha value is -1.06. The molecular formula is C12H9BrClNO. The van der Waals surface area contributed by atoms with Crippen LogP contribution < -0.4 is 5.32 Å². The van der Waals surface area contributed by atoms with Crippen molar-refractivity contribution >= 4 is 44.7 Å². The van der Waals surface area contributed by atoms with Gasteiger partial charge in [0.2, 0.25) is 0 Å². The number of halogens is 2. The molecule has 0 unspecified atom stereocenters. The Morgan fingerprint density at radius 2 is 2.19 bits per heavy atom. The van der Waals surface area contributed by atoms with Gasteiger partial charge in [-0.1, -0.05) is 34.1 Å². The smallest absolute Gasteiger partial charge is 0.256 e. The van der Waals surface area contributed by atoms with Gasteiger partial charge in [-0.25, -0.2) is 0 Å². The molecule has 0 saturated heterocycles. The lowest BCUT2D eigenvalue weighted by Crippen LogP contribution is -2.05. The summed E-state index contributed by atoms with van der Waals surface area (Å²) in [5, 5.41) is 3.18. The minimum atomic E-state index is -0.132. The Labute approximate surface area is 107 Å². The molecule has 1 aromatic carbocycles. The summed E-state index contributed by atoms with van der Waals surface area (Å²) in [7, 11) is 0. The fraction of sp³-hybridized carbons (Fsp3) is 0.0833.